The Bertz CT molecular complexity index is 1370. The molecule has 158 valence electrons. The number of carboxylic acids is 1. The number of carbonyl (C=O) groups excluding carboxylic acids is 1. The lowest BCUT2D eigenvalue weighted by atomic mass is 10.0. The molecule has 0 unspecified atom stereocenters. The number of pyridine rings is 1. The van der Waals surface area contributed by atoms with Gasteiger partial charge in [0.1, 0.15) is 12.6 Å². The molecule has 2 aromatic carbocycles. The summed E-state index contributed by atoms with van der Waals surface area (Å²) in [7, 11) is 0. The number of aliphatic carboxylic acids is 1. The fraction of sp³-hybridized carbons (Fsp3) is 0.174. The number of carboxylic acid groups (broad SMARTS) is 1. The molecule has 4 rings (SSSR count). The van der Waals surface area contributed by atoms with E-state index in [1.54, 1.807) is 35.9 Å². The molecule has 0 saturated carbocycles. The number of benzene rings is 2. The van der Waals surface area contributed by atoms with E-state index in [-0.39, 0.29) is 18.4 Å². The minimum absolute atomic E-state index is 0.123. The molecular weight excluding hydrogens is 418 g/mol. The van der Waals surface area contributed by atoms with Crippen molar-refractivity contribution in [2.75, 3.05) is 0 Å². The highest BCUT2D eigenvalue weighted by Crippen LogP contribution is 2.20. The van der Waals surface area contributed by atoms with Crippen LogP contribution in [0.2, 0.25) is 5.02 Å². The van der Waals surface area contributed by atoms with Crippen LogP contribution in [0.25, 0.3) is 21.8 Å². The summed E-state index contributed by atoms with van der Waals surface area (Å²) >= 11 is 6.01. The zero-order valence-electron chi connectivity index (χ0n) is 16.7. The predicted molar refractivity (Wildman–Crippen MR) is 120 cm³/mol. The lowest BCUT2D eigenvalue weighted by Crippen LogP contribution is -2.43. The van der Waals surface area contributed by atoms with Crippen LogP contribution < -0.4 is 10.7 Å². The normalized spacial score (nSPS) is 12.2. The molecular formula is C23H20ClN3O4. The van der Waals surface area contributed by atoms with E-state index in [0.717, 1.165) is 16.5 Å². The molecule has 0 aliphatic carbocycles. The molecule has 0 aliphatic heterocycles. The minimum Gasteiger partial charge on any atom is -0.480 e. The first kappa shape index (κ1) is 20.7. The van der Waals surface area contributed by atoms with Gasteiger partial charge in [0.25, 0.3) is 0 Å². The lowest BCUT2D eigenvalue weighted by molar-refractivity contribution is -0.141. The lowest BCUT2D eigenvalue weighted by Gasteiger charge is -2.18. The molecule has 2 heterocycles. The van der Waals surface area contributed by atoms with E-state index in [2.05, 4.69) is 10.3 Å². The van der Waals surface area contributed by atoms with Crippen molar-refractivity contribution in [2.45, 2.75) is 25.9 Å². The number of fused-ring (bicyclic) bond motifs is 2. The molecule has 0 spiro atoms. The van der Waals surface area contributed by atoms with Crippen molar-refractivity contribution in [3.05, 3.63) is 81.2 Å². The van der Waals surface area contributed by atoms with Gasteiger partial charge in [-0.3, -0.25) is 9.59 Å². The maximum Gasteiger partial charge on any atom is 0.326 e. The second-order valence-electron chi connectivity index (χ2n) is 7.42. The van der Waals surface area contributed by atoms with Crippen LogP contribution in [-0.4, -0.2) is 32.6 Å². The van der Waals surface area contributed by atoms with E-state index < -0.39 is 17.9 Å². The van der Waals surface area contributed by atoms with Crippen molar-refractivity contribution < 1.29 is 14.7 Å². The quantitative estimate of drug-likeness (QED) is 0.430. The van der Waals surface area contributed by atoms with E-state index in [1.807, 2.05) is 24.3 Å². The van der Waals surface area contributed by atoms with Crippen molar-refractivity contribution in [1.29, 1.82) is 0 Å². The highest BCUT2D eigenvalue weighted by atomic mass is 35.5. The average molecular weight is 438 g/mol. The summed E-state index contributed by atoms with van der Waals surface area (Å²) in [5.41, 5.74) is 2.69. The molecule has 2 aromatic heterocycles. The highest BCUT2D eigenvalue weighted by Gasteiger charge is 2.22. The number of aryl methyl sites for hydroxylation is 1. The zero-order valence-corrected chi connectivity index (χ0v) is 17.4. The number of hydrogen-bond acceptors (Lipinski definition) is 3. The second-order valence-corrected chi connectivity index (χ2v) is 7.86. The Balaban J connectivity index is 1.58. The molecule has 0 fully saturated rings. The Kier molecular flexibility index (Phi) is 5.52. The maximum absolute atomic E-state index is 12.8. The first-order chi connectivity index (χ1) is 14.8. The fourth-order valence-electron chi connectivity index (χ4n) is 3.79. The molecule has 1 amide bonds. The number of aromatic amines is 1. The van der Waals surface area contributed by atoms with Crippen LogP contribution in [0.4, 0.5) is 0 Å². The Morgan fingerprint density at radius 3 is 2.71 bits per heavy atom. The van der Waals surface area contributed by atoms with Gasteiger partial charge >= 0.3 is 5.97 Å². The Labute approximate surface area is 182 Å². The summed E-state index contributed by atoms with van der Waals surface area (Å²) in [5.74, 6) is -1.58. The number of amides is 1. The number of carbonyl (C=O) groups is 2. The van der Waals surface area contributed by atoms with E-state index in [9.17, 15) is 19.5 Å². The van der Waals surface area contributed by atoms with Crippen LogP contribution in [0, 0.1) is 6.92 Å². The molecule has 4 aromatic rings. The number of para-hydroxylation sites is 1. The monoisotopic (exact) mass is 437 g/mol. The van der Waals surface area contributed by atoms with Crippen molar-refractivity contribution in [2.24, 2.45) is 0 Å². The van der Waals surface area contributed by atoms with Gasteiger partial charge in [-0.1, -0.05) is 29.8 Å². The number of halogens is 1. The molecule has 1 atom stereocenters. The molecule has 0 bridgehead atoms. The Hall–Kier alpha value is -3.58. The maximum atomic E-state index is 12.8. The summed E-state index contributed by atoms with van der Waals surface area (Å²) in [5, 5.41) is 14.0. The molecule has 0 aliphatic rings. The smallest absolute Gasteiger partial charge is 0.326 e. The SMILES string of the molecule is Cc1cc(=O)c2cc(Cl)ccc2n1CC(=O)N[C@@H](Cc1c[nH]c2ccccc12)C(=O)O. The van der Waals surface area contributed by atoms with Crippen molar-refractivity contribution >= 4 is 45.3 Å². The van der Waals surface area contributed by atoms with Crippen molar-refractivity contribution in [3.63, 3.8) is 0 Å². The number of nitrogens with zero attached hydrogens (tertiary/aromatic N) is 1. The molecule has 8 heteroatoms. The summed E-state index contributed by atoms with van der Waals surface area (Å²) < 4.78 is 1.67. The third kappa shape index (κ3) is 4.18. The van der Waals surface area contributed by atoms with Crippen molar-refractivity contribution in [1.82, 2.24) is 14.9 Å². The molecule has 0 saturated heterocycles. The number of H-pyrrole nitrogens is 1. The van der Waals surface area contributed by atoms with Crippen LogP contribution in [-0.2, 0) is 22.6 Å². The number of rotatable bonds is 6. The number of hydrogen-bond donors (Lipinski definition) is 3. The summed E-state index contributed by atoms with van der Waals surface area (Å²) in [6.07, 6.45) is 1.90. The van der Waals surface area contributed by atoms with Gasteiger partial charge in [-0.15, -0.1) is 0 Å². The van der Waals surface area contributed by atoms with Gasteiger partial charge in [0.2, 0.25) is 5.91 Å². The molecule has 7 nitrogen and oxygen atoms in total. The molecule has 3 N–H and O–H groups in total. The van der Waals surface area contributed by atoms with Gasteiger partial charge in [-0.2, -0.15) is 0 Å². The van der Waals surface area contributed by atoms with Gasteiger partial charge in [0, 0.05) is 45.7 Å². The van der Waals surface area contributed by atoms with Gasteiger partial charge in [-0.05, 0) is 36.8 Å². The van der Waals surface area contributed by atoms with Crippen LogP contribution in [0.1, 0.15) is 11.3 Å². The standard InChI is InChI=1S/C23H20ClN3O4/c1-13-8-21(28)17-10-15(24)6-7-20(17)27(13)12-22(29)26-19(23(30)31)9-14-11-25-18-5-3-2-4-16(14)18/h2-8,10-11,19,25H,9,12H2,1H3,(H,26,29)(H,30,31)/t19-/m0/s1. The van der Waals surface area contributed by atoms with Crippen LogP contribution >= 0.6 is 11.6 Å². The Morgan fingerprint density at radius 2 is 1.94 bits per heavy atom. The van der Waals surface area contributed by atoms with Gasteiger partial charge < -0.3 is 20.0 Å². The predicted octanol–water partition coefficient (Wildman–Crippen LogP) is 3.26. The van der Waals surface area contributed by atoms with Crippen molar-refractivity contribution in [3.8, 4) is 0 Å². The van der Waals surface area contributed by atoms with Crippen LogP contribution in [0.3, 0.4) is 0 Å². The summed E-state index contributed by atoms with van der Waals surface area (Å²) in [6.45, 7) is 1.60. The second kappa shape index (κ2) is 8.28. The van der Waals surface area contributed by atoms with E-state index >= 15 is 0 Å². The summed E-state index contributed by atoms with van der Waals surface area (Å²) in [6, 6.07) is 12.8. The fourth-order valence-corrected chi connectivity index (χ4v) is 3.96. The highest BCUT2D eigenvalue weighted by molar-refractivity contribution is 6.31. The van der Waals surface area contributed by atoms with Crippen LogP contribution in [0.15, 0.2) is 59.5 Å². The zero-order chi connectivity index (χ0) is 22.1. The van der Waals surface area contributed by atoms with Gasteiger partial charge in [-0.25, -0.2) is 4.79 Å². The average Bonchev–Trinajstić information content (AvgIpc) is 3.13. The Morgan fingerprint density at radius 1 is 1.16 bits per heavy atom. The molecule has 0 radical (unpaired) electrons. The first-order valence-corrected chi connectivity index (χ1v) is 10.1. The largest absolute Gasteiger partial charge is 0.480 e. The third-order valence-corrected chi connectivity index (χ3v) is 5.55. The first-order valence-electron chi connectivity index (χ1n) is 9.70. The van der Waals surface area contributed by atoms with E-state index in [0.29, 0.717) is 21.6 Å². The summed E-state index contributed by atoms with van der Waals surface area (Å²) in [4.78, 5) is 40.0. The third-order valence-electron chi connectivity index (χ3n) is 5.31. The molecule has 31 heavy (non-hydrogen) atoms. The number of nitrogens with one attached hydrogen (secondary N) is 2. The van der Waals surface area contributed by atoms with Crippen LogP contribution in [0.5, 0.6) is 0 Å². The van der Waals surface area contributed by atoms with E-state index in [1.165, 1.54) is 6.07 Å². The van der Waals surface area contributed by atoms with Gasteiger partial charge in [0.05, 0.1) is 5.52 Å². The topological polar surface area (TPSA) is 104 Å². The van der Waals surface area contributed by atoms with Gasteiger partial charge in [0.15, 0.2) is 5.43 Å². The number of aromatic nitrogens is 2. The minimum atomic E-state index is -1.12. The van der Waals surface area contributed by atoms with E-state index in [4.69, 9.17) is 11.6 Å².